The van der Waals surface area contributed by atoms with Crippen LogP contribution in [0.4, 0.5) is 10.5 Å². The van der Waals surface area contributed by atoms with Crippen LogP contribution in [-0.2, 0) is 0 Å². The highest BCUT2D eigenvalue weighted by molar-refractivity contribution is 5.89. The monoisotopic (exact) mass is 261 g/mol. The van der Waals surface area contributed by atoms with Gasteiger partial charge in [0.2, 0.25) is 0 Å². The van der Waals surface area contributed by atoms with Crippen LogP contribution < -0.4 is 10.6 Å². The summed E-state index contributed by atoms with van der Waals surface area (Å²) in [6.07, 6.45) is 3.44. The number of anilines is 1. The molecular weight excluding hydrogens is 238 g/mol. The topological polar surface area (TPSA) is 44.4 Å². The Balaban J connectivity index is 1.76. The summed E-state index contributed by atoms with van der Waals surface area (Å²) in [7, 11) is 1.99. The quantitative estimate of drug-likeness (QED) is 0.875. The molecule has 1 saturated heterocycles. The normalized spacial score (nSPS) is 16.4. The van der Waals surface area contributed by atoms with E-state index in [-0.39, 0.29) is 6.03 Å². The maximum atomic E-state index is 12.1. The van der Waals surface area contributed by atoms with Crippen LogP contribution in [0.1, 0.15) is 19.3 Å². The molecule has 104 valence electrons. The summed E-state index contributed by atoms with van der Waals surface area (Å²) >= 11 is 0. The summed E-state index contributed by atoms with van der Waals surface area (Å²) < 4.78 is 0. The van der Waals surface area contributed by atoms with E-state index in [1.54, 1.807) is 0 Å². The van der Waals surface area contributed by atoms with Gasteiger partial charge in [0.25, 0.3) is 0 Å². The lowest BCUT2D eigenvalue weighted by atomic mass is 9.94. The van der Waals surface area contributed by atoms with Crippen LogP contribution in [0.2, 0.25) is 0 Å². The summed E-state index contributed by atoms with van der Waals surface area (Å²) in [6.45, 7) is 2.81. The maximum absolute atomic E-state index is 12.1. The van der Waals surface area contributed by atoms with E-state index in [4.69, 9.17) is 0 Å². The second-order valence-corrected chi connectivity index (χ2v) is 5.12. The number of amides is 2. The smallest absolute Gasteiger partial charge is 0.321 e. The number of benzene rings is 1. The molecule has 1 aromatic carbocycles. The van der Waals surface area contributed by atoms with Gasteiger partial charge in [0.15, 0.2) is 0 Å². The molecule has 1 heterocycles. The maximum Gasteiger partial charge on any atom is 0.321 e. The van der Waals surface area contributed by atoms with Crippen molar-refractivity contribution in [3.63, 3.8) is 0 Å². The van der Waals surface area contributed by atoms with E-state index in [0.29, 0.717) is 0 Å². The number of nitrogens with zero attached hydrogens (tertiary/aromatic N) is 1. The van der Waals surface area contributed by atoms with Gasteiger partial charge in [-0.05, 0) is 50.9 Å². The van der Waals surface area contributed by atoms with Crippen LogP contribution in [0.15, 0.2) is 30.3 Å². The largest absolute Gasteiger partial charge is 0.325 e. The number of piperidine rings is 1. The Morgan fingerprint density at radius 2 is 1.95 bits per heavy atom. The first-order chi connectivity index (χ1) is 9.29. The van der Waals surface area contributed by atoms with E-state index in [1.807, 2.05) is 42.3 Å². The average Bonchev–Trinajstić information content (AvgIpc) is 2.46. The number of urea groups is 1. The molecule has 0 radical (unpaired) electrons. The number of rotatable bonds is 4. The van der Waals surface area contributed by atoms with Crippen molar-refractivity contribution in [2.45, 2.75) is 19.3 Å². The second kappa shape index (κ2) is 7.14. The van der Waals surface area contributed by atoms with Gasteiger partial charge in [-0.2, -0.15) is 0 Å². The van der Waals surface area contributed by atoms with Gasteiger partial charge in [0, 0.05) is 18.8 Å². The van der Waals surface area contributed by atoms with Crippen molar-refractivity contribution >= 4 is 11.7 Å². The molecule has 4 nitrogen and oxygen atoms in total. The van der Waals surface area contributed by atoms with Crippen LogP contribution in [-0.4, -0.2) is 37.6 Å². The van der Waals surface area contributed by atoms with E-state index in [2.05, 4.69) is 10.6 Å². The van der Waals surface area contributed by atoms with E-state index in [9.17, 15) is 4.79 Å². The van der Waals surface area contributed by atoms with Gasteiger partial charge in [-0.25, -0.2) is 4.79 Å². The highest BCUT2D eigenvalue weighted by Gasteiger charge is 2.22. The zero-order valence-electron chi connectivity index (χ0n) is 11.6. The lowest BCUT2D eigenvalue weighted by Crippen LogP contribution is -2.41. The molecule has 1 aliphatic heterocycles. The van der Waals surface area contributed by atoms with Gasteiger partial charge >= 0.3 is 6.03 Å². The van der Waals surface area contributed by atoms with E-state index >= 15 is 0 Å². The van der Waals surface area contributed by atoms with Gasteiger partial charge in [-0.1, -0.05) is 18.2 Å². The number of likely N-dealkylation sites (tertiary alicyclic amines) is 1. The summed E-state index contributed by atoms with van der Waals surface area (Å²) in [6, 6.07) is 9.66. The molecule has 2 amide bonds. The number of nitrogens with one attached hydrogen (secondary N) is 2. The Morgan fingerprint density at radius 3 is 2.58 bits per heavy atom. The molecule has 0 spiro atoms. The standard InChI is InChI=1S/C15H23N3O/c1-16-10-7-13-8-11-18(12-9-13)15(19)17-14-5-3-2-4-6-14/h2-6,13,16H,7-12H2,1H3,(H,17,19). The molecule has 1 fully saturated rings. The fourth-order valence-electron chi connectivity index (χ4n) is 2.50. The van der Waals surface area contributed by atoms with Gasteiger partial charge in [0.05, 0.1) is 0 Å². The fourth-order valence-corrected chi connectivity index (χ4v) is 2.50. The van der Waals surface area contributed by atoms with Gasteiger partial charge in [-0.3, -0.25) is 0 Å². The molecule has 0 unspecified atom stereocenters. The molecule has 0 aromatic heterocycles. The third-order valence-electron chi connectivity index (χ3n) is 3.73. The Morgan fingerprint density at radius 1 is 1.26 bits per heavy atom. The van der Waals surface area contributed by atoms with E-state index in [1.165, 1.54) is 6.42 Å². The molecule has 1 aromatic rings. The van der Waals surface area contributed by atoms with Gasteiger partial charge in [-0.15, -0.1) is 0 Å². The number of carbonyl (C=O) groups is 1. The first kappa shape index (κ1) is 13.9. The molecule has 1 aliphatic rings. The van der Waals surface area contributed by atoms with Crippen molar-refractivity contribution in [1.82, 2.24) is 10.2 Å². The van der Waals surface area contributed by atoms with Crippen LogP contribution >= 0.6 is 0 Å². The summed E-state index contributed by atoms with van der Waals surface area (Å²) in [5.74, 6) is 0.758. The molecule has 2 rings (SSSR count). The first-order valence-electron chi connectivity index (χ1n) is 7.05. The van der Waals surface area contributed by atoms with Gasteiger partial charge < -0.3 is 15.5 Å². The van der Waals surface area contributed by atoms with Crippen molar-refractivity contribution in [1.29, 1.82) is 0 Å². The number of hydrogen-bond acceptors (Lipinski definition) is 2. The minimum absolute atomic E-state index is 0.0262. The Bertz CT molecular complexity index is 386. The lowest BCUT2D eigenvalue weighted by Gasteiger charge is -2.32. The predicted molar refractivity (Wildman–Crippen MR) is 78.3 cm³/mol. The predicted octanol–water partition coefficient (Wildman–Crippen LogP) is 2.54. The van der Waals surface area contributed by atoms with Crippen LogP contribution in [0.3, 0.4) is 0 Å². The summed E-state index contributed by atoms with van der Waals surface area (Å²) in [5, 5.41) is 6.13. The van der Waals surface area contributed by atoms with Gasteiger partial charge in [0.1, 0.15) is 0 Å². The molecule has 19 heavy (non-hydrogen) atoms. The Kier molecular flexibility index (Phi) is 5.21. The zero-order chi connectivity index (χ0) is 13.5. The molecular formula is C15H23N3O. The molecule has 0 bridgehead atoms. The van der Waals surface area contributed by atoms with Crippen molar-refractivity contribution in [3.05, 3.63) is 30.3 Å². The third-order valence-corrected chi connectivity index (χ3v) is 3.73. The highest BCUT2D eigenvalue weighted by Crippen LogP contribution is 2.20. The van der Waals surface area contributed by atoms with Crippen molar-refractivity contribution in [2.24, 2.45) is 5.92 Å². The minimum Gasteiger partial charge on any atom is -0.325 e. The molecule has 0 saturated carbocycles. The lowest BCUT2D eigenvalue weighted by molar-refractivity contribution is 0.180. The molecule has 2 N–H and O–H groups in total. The molecule has 4 heteroatoms. The summed E-state index contributed by atoms with van der Waals surface area (Å²) in [4.78, 5) is 14.0. The third kappa shape index (κ3) is 4.24. The SMILES string of the molecule is CNCCC1CCN(C(=O)Nc2ccccc2)CC1. The first-order valence-corrected chi connectivity index (χ1v) is 7.05. The number of carbonyl (C=O) groups excluding carboxylic acids is 1. The van der Waals surface area contributed by atoms with Crippen LogP contribution in [0.5, 0.6) is 0 Å². The fraction of sp³-hybridized carbons (Fsp3) is 0.533. The second-order valence-electron chi connectivity index (χ2n) is 5.12. The number of hydrogen-bond donors (Lipinski definition) is 2. The number of para-hydroxylation sites is 1. The Labute approximate surface area is 115 Å². The zero-order valence-corrected chi connectivity index (χ0v) is 11.6. The van der Waals surface area contributed by atoms with Crippen molar-refractivity contribution in [3.8, 4) is 0 Å². The van der Waals surface area contributed by atoms with Crippen LogP contribution in [0, 0.1) is 5.92 Å². The Hall–Kier alpha value is -1.55. The minimum atomic E-state index is 0.0262. The van der Waals surface area contributed by atoms with E-state index in [0.717, 1.165) is 44.1 Å². The van der Waals surface area contributed by atoms with Crippen LogP contribution in [0.25, 0.3) is 0 Å². The van der Waals surface area contributed by atoms with E-state index < -0.39 is 0 Å². The summed E-state index contributed by atoms with van der Waals surface area (Å²) in [5.41, 5.74) is 0.866. The molecule has 0 atom stereocenters. The molecule has 0 aliphatic carbocycles. The van der Waals surface area contributed by atoms with Crippen molar-refractivity contribution < 1.29 is 4.79 Å². The average molecular weight is 261 g/mol. The van der Waals surface area contributed by atoms with Crippen molar-refractivity contribution in [2.75, 3.05) is 32.0 Å². The highest BCUT2D eigenvalue weighted by atomic mass is 16.2.